The van der Waals surface area contributed by atoms with E-state index in [1.807, 2.05) is 26.0 Å². The zero-order chi connectivity index (χ0) is 22.3. The summed E-state index contributed by atoms with van der Waals surface area (Å²) in [5, 5.41) is 10.1. The number of rotatable bonds is 10. The Bertz CT molecular complexity index is 1110. The number of nitrogens with zero attached hydrogens (tertiary/aromatic N) is 2. The van der Waals surface area contributed by atoms with Crippen molar-refractivity contribution >= 4 is 33.4 Å². The summed E-state index contributed by atoms with van der Waals surface area (Å²) in [5.74, 6) is 1.49. The number of carbonyl (C=O) groups is 1. The average Bonchev–Trinajstić information content (AvgIpc) is 3.16. The molecule has 0 unspecified atom stereocenters. The second kappa shape index (κ2) is 10.3. The fourth-order valence-corrected chi connectivity index (χ4v) is 4.23. The van der Waals surface area contributed by atoms with Gasteiger partial charge in [-0.3, -0.25) is 14.6 Å². The van der Waals surface area contributed by atoms with Crippen LogP contribution in [0.15, 0.2) is 58.6 Å². The summed E-state index contributed by atoms with van der Waals surface area (Å²) in [6.07, 6.45) is 0. The number of hydrogen-bond acceptors (Lipinski definition) is 7. The summed E-state index contributed by atoms with van der Waals surface area (Å²) in [4.78, 5) is 16.2. The van der Waals surface area contributed by atoms with Gasteiger partial charge >= 0.3 is 0 Å². The Morgan fingerprint density at radius 1 is 1.10 bits per heavy atom. The van der Waals surface area contributed by atoms with E-state index >= 15 is 0 Å². The number of hydrogen-bond donors (Lipinski definition) is 3. The zero-order valence-corrected chi connectivity index (χ0v) is 18.7. The minimum atomic E-state index is -3.71. The zero-order valence-electron chi connectivity index (χ0n) is 17.1. The van der Waals surface area contributed by atoms with Crippen molar-refractivity contribution in [2.45, 2.75) is 23.9 Å². The summed E-state index contributed by atoms with van der Waals surface area (Å²) in [5.41, 5.74) is 1.52. The van der Waals surface area contributed by atoms with Crippen LogP contribution in [0, 0.1) is 13.8 Å². The Morgan fingerprint density at radius 3 is 2.45 bits per heavy atom. The largest absolute Gasteiger partial charge is 0.484 e. The maximum atomic E-state index is 12.5. The van der Waals surface area contributed by atoms with E-state index in [4.69, 9.17) is 4.74 Å². The van der Waals surface area contributed by atoms with Crippen molar-refractivity contribution in [1.82, 2.24) is 20.5 Å². The molecule has 9 nitrogen and oxygen atoms in total. The van der Waals surface area contributed by atoms with Crippen LogP contribution in [0.3, 0.4) is 0 Å². The molecule has 0 fully saturated rings. The van der Waals surface area contributed by atoms with Gasteiger partial charge in [-0.05, 0) is 50.2 Å². The van der Waals surface area contributed by atoms with Gasteiger partial charge in [-0.1, -0.05) is 29.5 Å². The number of benzene rings is 2. The molecule has 1 amide bonds. The Morgan fingerprint density at radius 2 is 1.81 bits per heavy atom. The lowest BCUT2D eigenvalue weighted by atomic mass is 10.2. The number of carbonyl (C=O) groups excluding carboxylic acids is 1. The van der Waals surface area contributed by atoms with Crippen molar-refractivity contribution in [2.75, 3.05) is 23.6 Å². The Hall–Kier alpha value is -3.05. The highest BCUT2D eigenvalue weighted by molar-refractivity contribution is 7.99. The topological polar surface area (TPSA) is 126 Å². The van der Waals surface area contributed by atoms with E-state index in [0.29, 0.717) is 28.9 Å². The third kappa shape index (κ3) is 7.00. The number of aromatic amines is 1. The molecule has 0 saturated heterocycles. The molecule has 31 heavy (non-hydrogen) atoms. The fourth-order valence-electron chi connectivity index (χ4n) is 2.47. The maximum Gasteiger partial charge on any atom is 0.261 e. The molecule has 11 heteroatoms. The van der Waals surface area contributed by atoms with Gasteiger partial charge in [0.25, 0.3) is 15.9 Å². The number of ether oxygens (including phenoxy) is 1. The summed E-state index contributed by atoms with van der Waals surface area (Å²) in [6.45, 7) is 4.02. The highest BCUT2D eigenvalue weighted by Crippen LogP contribution is 2.19. The first-order chi connectivity index (χ1) is 14.8. The second-order valence-corrected chi connectivity index (χ2v) is 9.38. The van der Waals surface area contributed by atoms with Crippen LogP contribution in [0.5, 0.6) is 5.75 Å². The molecule has 0 bridgehead atoms. The Labute approximate surface area is 185 Å². The van der Waals surface area contributed by atoms with E-state index in [1.165, 1.54) is 36.0 Å². The summed E-state index contributed by atoms with van der Waals surface area (Å²) >= 11 is 1.43. The van der Waals surface area contributed by atoms with E-state index in [9.17, 15) is 13.2 Å². The van der Waals surface area contributed by atoms with Gasteiger partial charge in [-0.2, -0.15) is 0 Å². The van der Waals surface area contributed by atoms with Crippen molar-refractivity contribution in [1.29, 1.82) is 0 Å². The lowest BCUT2D eigenvalue weighted by Gasteiger charge is -2.10. The van der Waals surface area contributed by atoms with Gasteiger partial charge in [0.1, 0.15) is 11.6 Å². The molecule has 1 aromatic heterocycles. The molecule has 3 rings (SSSR count). The molecule has 0 aliphatic rings. The monoisotopic (exact) mass is 461 g/mol. The quantitative estimate of drug-likeness (QED) is 0.313. The first kappa shape index (κ1) is 22.6. The first-order valence-electron chi connectivity index (χ1n) is 9.43. The molecular formula is C20H23N5O4S2. The predicted molar refractivity (Wildman–Crippen MR) is 119 cm³/mol. The molecule has 1 heterocycles. The van der Waals surface area contributed by atoms with E-state index < -0.39 is 10.0 Å². The molecule has 0 atom stereocenters. The molecule has 164 valence electrons. The van der Waals surface area contributed by atoms with Crippen LogP contribution in [0.25, 0.3) is 0 Å². The van der Waals surface area contributed by atoms with Crippen LogP contribution in [0.2, 0.25) is 0 Å². The van der Waals surface area contributed by atoms with Crippen LogP contribution in [-0.2, 0) is 14.8 Å². The van der Waals surface area contributed by atoms with Gasteiger partial charge in [-0.15, -0.1) is 5.10 Å². The van der Waals surface area contributed by atoms with Crippen LogP contribution in [-0.4, -0.2) is 48.4 Å². The lowest BCUT2D eigenvalue weighted by molar-refractivity contribution is -0.122. The normalized spacial score (nSPS) is 11.2. The highest BCUT2D eigenvalue weighted by atomic mass is 32.2. The second-order valence-electron chi connectivity index (χ2n) is 6.63. The van der Waals surface area contributed by atoms with Crippen LogP contribution in [0.1, 0.15) is 11.4 Å². The molecule has 3 N–H and O–H groups in total. The fraction of sp³-hybridized carbons (Fsp3) is 0.250. The SMILES string of the molecule is Cc1ccc(NS(=O)(=O)c2ccc(OCC(=O)NCCSc3n[nH]c(C)n3)cc2)cc1. The molecule has 0 saturated carbocycles. The molecule has 0 spiro atoms. The van der Waals surface area contributed by atoms with Crippen molar-refractivity contribution in [2.24, 2.45) is 0 Å². The van der Waals surface area contributed by atoms with Crippen LogP contribution >= 0.6 is 11.8 Å². The number of H-pyrrole nitrogens is 1. The number of nitrogens with one attached hydrogen (secondary N) is 3. The molecule has 2 aromatic carbocycles. The number of aromatic nitrogens is 3. The predicted octanol–water partition coefficient (Wildman–Crippen LogP) is 2.51. The van der Waals surface area contributed by atoms with Gasteiger partial charge in [-0.25, -0.2) is 13.4 Å². The molecule has 0 aliphatic carbocycles. The van der Waals surface area contributed by atoms with E-state index in [-0.39, 0.29) is 17.4 Å². The third-order valence-electron chi connectivity index (χ3n) is 4.04. The number of aryl methyl sites for hydroxylation is 2. The Balaban J connectivity index is 1.43. The van der Waals surface area contributed by atoms with Gasteiger partial charge in [0.05, 0.1) is 4.90 Å². The van der Waals surface area contributed by atoms with E-state index in [2.05, 4.69) is 25.2 Å². The summed E-state index contributed by atoms with van der Waals surface area (Å²) < 4.78 is 32.9. The number of amides is 1. The van der Waals surface area contributed by atoms with Crippen LogP contribution < -0.4 is 14.8 Å². The number of thioether (sulfide) groups is 1. The van der Waals surface area contributed by atoms with Crippen molar-refractivity contribution < 1.29 is 17.9 Å². The molecule has 0 aliphatic heterocycles. The van der Waals surface area contributed by atoms with Gasteiger partial charge in [0.2, 0.25) is 5.16 Å². The minimum absolute atomic E-state index is 0.101. The van der Waals surface area contributed by atoms with E-state index in [1.54, 1.807) is 12.1 Å². The van der Waals surface area contributed by atoms with Crippen molar-refractivity contribution in [3.8, 4) is 5.75 Å². The molecular weight excluding hydrogens is 438 g/mol. The van der Waals surface area contributed by atoms with Gasteiger partial charge < -0.3 is 10.1 Å². The molecule has 3 aromatic rings. The highest BCUT2D eigenvalue weighted by Gasteiger charge is 2.14. The van der Waals surface area contributed by atoms with Crippen molar-refractivity contribution in [3.05, 3.63) is 59.9 Å². The Kier molecular flexibility index (Phi) is 7.53. The minimum Gasteiger partial charge on any atom is -0.484 e. The maximum absolute atomic E-state index is 12.5. The number of sulfonamides is 1. The standard InChI is InChI=1S/C20H23N5O4S2/c1-14-3-5-16(6-4-14)25-31(27,28)18-9-7-17(8-10-18)29-13-19(26)21-11-12-30-20-22-15(2)23-24-20/h3-10,25H,11-13H2,1-2H3,(H,21,26)(H,22,23,24). The lowest BCUT2D eigenvalue weighted by Crippen LogP contribution is -2.30. The first-order valence-corrected chi connectivity index (χ1v) is 11.9. The smallest absolute Gasteiger partial charge is 0.261 e. The molecule has 0 radical (unpaired) electrons. The van der Waals surface area contributed by atoms with Crippen LogP contribution in [0.4, 0.5) is 5.69 Å². The van der Waals surface area contributed by atoms with Gasteiger partial charge in [0, 0.05) is 18.0 Å². The number of anilines is 1. The van der Waals surface area contributed by atoms with Gasteiger partial charge in [0.15, 0.2) is 6.61 Å². The summed E-state index contributed by atoms with van der Waals surface area (Å²) in [6, 6.07) is 12.9. The third-order valence-corrected chi connectivity index (χ3v) is 6.29. The van der Waals surface area contributed by atoms with E-state index in [0.717, 1.165) is 11.4 Å². The summed E-state index contributed by atoms with van der Waals surface area (Å²) in [7, 11) is -3.71. The van der Waals surface area contributed by atoms with Crippen molar-refractivity contribution in [3.63, 3.8) is 0 Å². The average molecular weight is 462 g/mol.